The summed E-state index contributed by atoms with van der Waals surface area (Å²) in [6, 6.07) is 72.0. The standard InChI is InChI=1S/C56H44N2/c1-55(2)50-25-15-13-23-44(50)48-33-40(28-31-52(48)55)57(38-18-7-5-8-19-38)42-35-47-43-22-12-11-17-37(43)27-30-46(47)54(36-42)58(39-20-9-6-10-21-39)41-29-32-53-49(34-41)45-24-14-16-26-51(45)56(53,3)4/h5-36H,1-4H3. The maximum atomic E-state index is 2.47. The van der Waals surface area contributed by atoms with Crippen LogP contribution in [0.5, 0.6) is 0 Å². The molecule has 0 spiro atoms. The van der Waals surface area contributed by atoms with Crippen molar-refractivity contribution in [2.24, 2.45) is 0 Å². The third-order valence-corrected chi connectivity index (χ3v) is 13.0. The minimum absolute atomic E-state index is 0.0706. The van der Waals surface area contributed by atoms with Gasteiger partial charge in [0.15, 0.2) is 0 Å². The Morgan fingerprint density at radius 3 is 1.38 bits per heavy atom. The molecule has 0 N–H and O–H groups in total. The summed E-state index contributed by atoms with van der Waals surface area (Å²) in [5.41, 5.74) is 17.3. The van der Waals surface area contributed by atoms with Crippen molar-refractivity contribution in [1.29, 1.82) is 0 Å². The van der Waals surface area contributed by atoms with Crippen LogP contribution in [-0.4, -0.2) is 0 Å². The van der Waals surface area contributed by atoms with Gasteiger partial charge in [-0.1, -0.05) is 161 Å². The molecule has 2 aliphatic carbocycles. The summed E-state index contributed by atoms with van der Waals surface area (Å²) in [4.78, 5) is 4.92. The summed E-state index contributed by atoms with van der Waals surface area (Å²) in [6.45, 7) is 9.41. The van der Waals surface area contributed by atoms with E-state index in [0.29, 0.717) is 0 Å². The third kappa shape index (κ3) is 5.11. The van der Waals surface area contributed by atoms with Crippen molar-refractivity contribution in [3.05, 3.63) is 216 Å². The monoisotopic (exact) mass is 744 g/mol. The summed E-state index contributed by atoms with van der Waals surface area (Å²) in [7, 11) is 0. The molecule has 0 amide bonds. The molecule has 0 aromatic heterocycles. The first kappa shape index (κ1) is 34.4. The van der Waals surface area contributed by atoms with E-state index in [1.807, 2.05) is 0 Å². The Balaban J connectivity index is 1.19. The third-order valence-electron chi connectivity index (χ3n) is 13.0. The maximum absolute atomic E-state index is 2.47. The molecule has 2 heteroatoms. The molecule has 0 heterocycles. The van der Waals surface area contributed by atoms with E-state index >= 15 is 0 Å². The number of anilines is 6. The quantitative estimate of drug-likeness (QED) is 0.156. The van der Waals surface area contributed by atoms with Crippen molar-refractivity contribution < 1.29 is 0 Å². The minimum atomic E-state index is -0.0741. The molecule has 0 unspecified atom stereocenters. The van der Waals surface area contributed by atoms with Crippen LogP contribution >= 0.6 is 0 Å². The van der Waals surface area contributed by atoms with Crippen molar-refractivity contribution in [2.75, 3.05) is 9.80 Å². The normalized spacial score (nSPS) is 14.1. The molecule has 58 heavy (non-hydrogen) atoms. The molecule has 0 radical (unpaired) electrons. The Labute approximate surface area is 341 Å². The van der Waals surface area contributed by atoms with E-state index in [0.717, 1.165) is 34.1 Å². The van der Waals surface area contributed by atoms with E-state index in [1.165, 1.54) is 66.1 Å². The van der Waals surface area contributed by atoms with Gasteiger partial charge in [0, 0.05) is 44.7 Å². The molecule has 0 bridgehead atoms. The van der Waals surface area contributed by atoms with Gasteiger partial charge in [0.1, 0.15) is 0 Å². The van der Waals surface area contributed by atoms with Gasteiger partial charge in [0.25, 0.3) is 0 Å². The predicted octanol–water partition coefficient (Wildman–Crippen LogP) is 15.5. The summed E-state index contributed by atoms with van der Waals surface area (Å²) >= 11 is 0. The van der Waals surface area contributed by atoms with E-state index in [4.69, 9.17) is 0 Å². The zero-order chi connectivity index (χ0) is 39.2. The molecule has 11 rings (SSSR count). The molecule has 9 aromatic carbocycles. The van der Waals surface area contributed by atoms with E-state index in [1.54, 1.807) is 0 Å². The van der Waals surface area contributed by atoms with E-state index < -0.39 is 0 Å². The first-order valence-corrected chi connectivity index (χ1v) is 20.4. The highest BCUT2D eigenvalue weighted by Gasteiger charge is 2.37. The summed E-state index contributed by atoms with van der Waals surface area (Å²) in [5, 5.41) is 4.87. The molecule has 0 saturated carbocycles. The van der Waals surface area contributed by atoms with Crippen LogP contribution < -0.4 is 9.80 Å². The lowest BCUT2D eigenvalue weighted by Gasteiger charge is -2.32. The van der Waals surface area contributed by atoms with Crippen LogP contribution in [0.1, 0.15) is 49.9 Å². The maximum Gasteiger partial charge on any atom is 0.0561 e. The second kappa shape index (κ2) is 12.8. The second-order valence-electron chi connectivity index (χ2n) is 17.0. The highest BCUT2D eigenvalue weighted by Crippen LogP contribution is 2.53. The smallest absolute Gasteiger partial charge is 0.0561 e. The molecular formula is C56H44N2. The number of rotatable bonds is 6. The Morgan fingerprint density at radius 2 is 0.776 bits per heavy atom. The minimum Gasteiger partial charge on any atom is -0.310 e. The Hall–Kier alpha value is -6.90. The van der Waals surface area contributed by atoms with Crippen LogP contribution in [0.2, 0.25) is 0 Å². The lowest BCUT2D eigenvalue weighted by molar-refractivity contribution is 0.660. The molecule has 2 nitrogen and oxygen atoms in total. The lowest BCUT2D eigenvalue weighted by Crippen LogP contribution is -2.16. The molecule has 0 atom stereocenters. The van der Waals surface area contributed by atoms with Crippen LogP contribution in [0, 0.1) is 0 Å². The molecule has 0 fully saturated rings. The fraction of sp³-hybridized carbons (Fsp3) is 0.107. The van der Waals surface area contributed by atoms with Gasteiger partial charge in [-0.2, -0.15) is 0 Å². The number of para-hydroxylation sites is 2. The van der Waals surface area contributed by atoms with Crippen LogP contribution in [0.4, 0.5) is 34.1 Å². The van der Waals surface area contributed by atoms with Crippen LogP contribution in [-0.2, 0) is 10.8 Å². The molecule has 2 aliphatic rings. The highest BCUT2D eigenvalue weighted by molar-refractivity contribution is 6.15. The largest absolute Gasteiger partial charge is 0.310 e. The SMILES string of the molecule is CC1(C)c2ccccc2-c2cc(N(c3ccccc3)c3cc(N(c4ccccc4)c4ccc5c(c4)-c4ccccc4C5(C)C)c4ccc5ccccc5c4c3)ccc21. The fourth-order valence-electron chi connectivity index (χ4n) is 10.1. The average Bonchev–Trinajstić information content (AvgIpc) is 3.63. The van der Waals surface area contributed by atoms with Gasteiger partial charge in [-0.15, -0.1) is 0 Å². The van der Waals surface area contributed by atoms with Crippen molar-refractivity contribution in [2.45, 2.75) is 38.5 Å². The van der Waals surface area contributed by atoms with Crippen molar-refractivity contribution >= 4 is 55.7 Å². The fourth-order valence-corrected chi connectivity index (χ4v) is 10.1. The number of hydrogen-bond donors (Lipinski definition) is 0. The first-order chi connectivity index (χ1) is 28.3. The zero-order valence-electron chi connectivity index (χ0n) is 33.4. The topological polar surface area (TPSA) is 6.48 Å². The molecule has 278 valence electrons. The number of benzene rings is 9. The van der Waals surface area contributed by atoms with Gasteiger partial charge < -0.3 is 9.80 Å². The van der Waals surface area contributed by atoms with Gasteiger partial charge in [-0.05, 0) is 121 Å². The summed E-state index contributed by atoms with van der Waals surface area (Å²) in [5.74, 6) is 0. The highest BCUT2D eigenvalue weighted by atomic mass is 15.2. The molecular weight excluding hydrogens is 701 g/mol. The van der Waals surface area contributed by atoms with Gasteiger partial charge in [-0.3, -0.25) is 0 Å². The first-order valence-electron chi connectivity index (χ1n) is 20.4. The van der Waals surface area contributed by atoms with Crippen LogP contribution in [0.3, 0.4) is 0 Å². The Morgan fingerprint density at radius 1 is 0.293 bits per heavy atom. The van der Waals surface area contributed by atoms with Crippen molar-refractivity contribution in [1.82, 2.24) is 0 Å². The number of nitrogens with zero attached hydrogens (tertiary/aromatic N) is 2. The molecule has 0 aliphatic heterocycles. The zero-order valence-corrected chi connectivity index (χ0v) is 33.4. The van der Waals surface area contributed by atoms with Gasteiger partial charge in [0.2, 0.25) is 0 Å². The Bertz CT molecular complexity index is 3070. The second-order valence-corrected chi connectivity index (χ2v) is 17.0. The van der Waals surface area contributed by atoms with Crippen LogP contribution in [0.15, 0.2) is 194 Å². The summed E-state index contributed by atoms with van der Waals surface area (Å²) < 4.78 is 0. The average molecular weight is 745 g/mol. The van der Waals surface area contributed by atoms with Gasteiger partial charge in [0.05, 0.1) is 5.69 Å². The predicted molar refractivity (Wildman–Crippen MR) is 246 cm³/mol. The van der Waals surface area contributed by atoms with Gasteiger partial charge >= 0.3 is 0 Å². The van der Waals surface area contributed by atoms with Crippen LogP contribution in [0.25, 0.3) is 43.8 Å². The van der Waals surface area contributed by atoms with Crippen molar-refractivity contribution in [3.8, 4) is 22.3 Å². The Kier molecular flexibility index (Phi) is 7.59. The van der Waals surface area contributed by atoms with Crippen molar-refractivity contribution in [3.63, 3.8) is 0 Å². The number of hydrogen-bond acceptors (Lipinski definition) is 2. The summed E-state index contributed by atoms with van der Waals surface area (Å²) in [6.07, 6.45) is 0. The van der Waals surface area contributed by atoms with Gasteiger partial charge in [-0.25, -0.2) is 0 Å². The van der Waals surface area contributed by atoms with E-state index in [2.05, 4.69) is 232 Å². The van der Waals surface area contributed by atoms with E-state index in [9.17, 15) is 0 Å². The van der Waals surface area contributed by atoms with E-state index in [-0.39, 0.29) is 10.8 Å². The number of fused-ring (bicyclic) bond motifs is 9. The molecule has 0 saturated heterocycles. The molecule has 9 aromatic rings. The lowest BCUT2D eigenvalue weighted by atomic mass is 9.82.